The van der Waals surface area contributed by atoms with Gasteiger partial charge in [-0.3, -0.25) is 9.69 Å². The van der Waals surface area contributed by atoms with Crippen molar-refractivity contribution in [3.63, 3.8) is 0 Å². The fraction of sp³-hybridized carbons (Fsp3) is 0. The summed E-state index contributed by atoms with van der Waals surface area (Å²) in [7, 11) is 0. The third-order valence-electron chi connectivity index (χ3n) is 2.96. The lowest BCUT2D eigenvalue weighted by Crippen LogP contribution is -2.23. The zero-order valence-electron chi connectivity index (χ0n) is 11.3. The molecule has 3 rings (SSSR count). The topological polar surface area (TPSA) is 93.4 Å². The third kappa shape index (κ3) is 2.84. The number of amides is 1. The summed E-state index contributed by atoms with van der Waals surface area (Å²) in [6.07, 6.45) is 0.959. The molecule has 1 amide bonds. The molecule has 23 heavy (non-hydrogen) atoms. The molecule has 0 radical (unpaired) electrons. The normalized spacial score (nSPS) is 20.3. The fourth-order valence-corrected chi connectivity index (χ4v) is 4.22. The maximum Gasteiger partial charge on any atom is 0.347 e. The molecule has 2 aliphatic rings. The van der Waals surface area contributed by atoms with E-state index in [4.69, 9.17) is 22.6 Å². The monoisotopic (exact) mass is 361 g/mol. The van der Waals surface area contributed by atoms with Gasteiger partial charge in [-0.15, -0.1) is 0 Å². The number of carboxylic acid groups (broad SMARTS) is 1. The second-order valence-corrected chi connectivity index (χ2v) is 7.08. The molecule has 9 heteroatoms. The highest BCUT2D eigenvalue weighted by atomic mass is 32.2. The number of rotatable bonds is 2. The summed E-state index contributed by atoms with van der Waals surface area (Å²) in [5.41, 5.74) is 0.347. The molecule has 1 saturated heterocycles. The van der Waals surface area contributed by atoms with Crippen molar-refractivity contribution in [1.82, 2.24) is 4.90 Å². The van der Waals surface area contributed by atoms with E-state index in [1.165, 1.54) is 17.8 Å². The first-order valence-corrected chi connectivity index (χ1v) is 8.24. The van der Waals surface area contributed by atoms with Crippen molar-refractivity contribution in [1.29, 1.82) is 5.26 Å². The van der Waals surface area contributed by atoms with Crippen molar-refractivity contribution in [2.45, 2.75) is 4.90 Å². The van der Waals surface area contributed by atoms with Crippen LogP contribution in [0.15, 0.2) is 50.9 Å². The van der Waals surface area contributed by atoms with Crippen LogP contribution in [-0.4, -0.2) is 26.2 Å². The second-order valence-electron chi connectivity index (χ2n) is 4.38. The Hall–Kier alpha value is -2.28. The summed E-state index contributed by atoms with van der Waals surface area (Å²) >= 11 is 7.60. The van der Waals surface area contributed by atoms with Crippen LogP contribution in [0, 0.1) is 11.3 Å². The first-order valence-electron chi connectivity index (χ1n) is 6.20. The molecule has 1 aromatic rings. The van der Waals surface area contributed by atoms with Gasteiger partial charge in [-0.05, 0) is 12.1 Å². The average Bonchev–Trinajstić information content (AvgIpc) is 3.06. The van der Waals surface area contributed by atoms with Gasteiger partial charge in [0.15, 0.2) is 9.89 Å². The van der Waals surface area contributed by atoms with Crippen LogP contribution in [0.2, 0.25) is 0 Å². The Bertz CT molecular complexity index is 827. The number of para-hydroxylation sites is 1. The Balaban J connectivity index is 1.93. The predicted octanol–water partition coefficient (Wildman–Crippen LogP) is 2.73. The van der Waals surface area contributed by atoms with E-state index in [0.717, 1.165) is 33.4 Å². The summed E-state index contributed by atoms with van der Waals surface area (Å²) in [5, 5.41) is 21.5. The van der Waals surface area contributed by atoms with Crippen LogP contribution in [0.5, 0.6) is 0 Å². The molecule has 2 aliphatic heterocycles. The van der Waals surface area contributed by atoms with Crippen LogP contribution in [0.1, 0.15) is 0 Å². The Morgan fingerprint density at radius 3 is 2.78 bits per heavy atom. The van der Waals surface area contributed by atoms with E-state index in [9.17, 15) is 9.59 Å². The molecule has 2 N–H and O–H groups in total. The van der Waals surface area contributed by atoms with Gasteiger partial charge in [0, 0.05) is 11.1 Å². The SMILES string of the molecule is N#C/C(=C\N1C(=O)/C(=C2/Nc3ccccc3S2)SC1=S)C(=O)O. The van der Waals surface area contributed by atoms with Gasteiger partial charge in [0.05, 0.1) is 10.7 Å². The van der Waals surface area contributed by atoms with Crippen LogP contribution in [0.25, 0.3) is 0 Å². The van der Waals surface area contributed by atoms with Crippen LogP contribution >= 0.6 is 35.7 Å². The van der Waals surface area contributed by atoms with E-state index < -0.39 is 17.4 Å². The molecule has 1 fully saturated rings. The quantitative estimate of drug-likeness (QED) is 0.472. The van der Waals surface area contributed by atoms with Crippen LogP contribution in [0.4, 0.5) is 5.69 Å². The number of benzene rings is 1. The predicted molar refractivity (Wildman–Crippen MR) is 91.3 cm³/mol. The van der Waals surface area contributed by atoms with Crippen LogP contribution < -0.4 is 5.32 Å². The van der Waals surface area contributed by atoms with Gasteiger partial charge in [0.25, 0.3) is 5.91 Å². The van der Waals surface area contributed by atoms with E-state index in [2.05, 4.69) is 5.32 Å². The molecule has 0 bridgehead atoms. The van der Waals surface area contributed by atoms with Gasteiger partial charge in [0.1, 0.15) is 11.0 Å². The maximum atomic E-state index is 12.5. The number of thiocarbonyl (C=S) groups is 1. The molecule has 0 unspecified atom stereocenters. The van der Waals surface area contributed by atoms with Crippen LogP contribution in [0.3, 0.4) is 0 Å². The van der Waals surface area contributed by atoms with Gasteiger partial charge >= 0.3 is 5.97 Å². The highest BCUT2D eigenvalue weighted by Crippen LogP contribution is 2.46. The molecule has 0 spiro atoms. The molecular formula is C14H7N3O3S3. The summed E-state index contributed by atoms with van der Waals surface area (Å²) < 4.78 is 0.185. The minimum atomic E-state index is -1.41. The smallest absolute Gasteiger partial charge is 0.347 e. The lowest BCUT2D eigenvalue weighted by Gasteiger charge is -2.08. The molecule has 114 valence electrons. The number of fused-ring (bicyclic) bond motifs is 1. The number of anilines is 1. The van der Waals surface area contributed by atoms with Crippen molar-refractivity contribution in [2.24, 2.45) is 0 Å². The standard InChI is InChI=1S/C14H7N3O3S3/c15-5-7(13(19)20)6-17-12(18)10(23-14(17)21)11-16-8-3-1-2-4-9(8)22-11/h1-4,6,16H,(H,19,20)/b7-6+,11-10+. The van der Waals surface area contributed by atoms with Crippen molar-refractivity contribution in [3.8, 4) is 6.07 Å². The molecule has 6 nitrogen and oxygen atoms in total. The van der Waals surface area contributed by atoms with E-state index in [1.807, 2.05) is 24.3 Å². The number of nitrogens with one attached hydrogen (secondary N) is 1. The van der Waals surface area contributed by atoms with Gasteiger partial charge in [-0.1, -0.05) is 47.9 Å². The zero-order valence-corrected chi connectivity index (χ0v) is 13.7. The summed E-state index contributed by atoms with van der Waals surface area (Å²) in [6.45, 7) is 0. The van der Waals surface area contributed by atoms with Crippen molar-refractivity contribution < 1.29 is 14.7 Å². The Morgan fingerprint density at radius 2 is 2.13 bits per heavy atom. The van der Waals surface area contributed by atoms with Crippen molar-refractivity contribution in [2.75, 3.05) is 5.32 Å². The minimum absolute atomic E-state index is 0.185. The molecule has 0 aromatic heterocycles. The van der Waals surface area contributed by atoms with Gasteiger partial charge < -0.3 is 10.4 Å². The number of hydrogen-bond acceptors (Lipinski definition) is 7. The number of nitriles is 1. The number of carboxylic acids is 1. The molecule has 0 saturated carbocycles. The first kappa shape index (κ1) is 15.6. The molecule has 1 aromatic carbocycles. The molecular weight excluding hydrogens is 354 g/mol. The summed E-state index contributed by atoms with van der Waals surface area (Å²) in [5.74, 6) is -1.85. The minimum Gasteiger partial charge on any atom is -0.477 e. The number of carbonyl (C=O) groups is 2. The van der Waals surface area contributed by atoms with E-state index in [1.54, 1.807) is 0 Å². The highest BCUT2D eigenvalue weighted by Gasteiger charge is 2.36. The number of aliphatic carboxylic acids is 1. The first-order chi connectivity index (χ1) is 11.0. The Labute approximate surface area is 144 Å². The van der Waals surface area contributed by atoms with E-state index >= 15 is 0 Å². The highest BCUT2D eigenvalue weighted by molar-refractivity contribution is 8.27. The zero-order chi connectivity index (χ0) is 16.6. The third-order valence-corrected chi connectivity index (χ3v) is 5.58. The number of carbonyl (C=O) groups excluding carboxylic acids is 1. The largest absolute Gasteiger partial charge is 0.477 e. The van der Waals surface area contributed by atoms with Crippen molar-refractivity contribution in [3.05, 3.63) is 46.0 Å². The fourth-order valence-electron chi connectivity index (χ4n) is 1.91. The van der Waals surface area contributed by atoms with Gasteiger partial charge in [-0.2, -0.15) is 5.26 Å². The second kappa shape index (κ2) is 6.08. The number of nitrogens with zero attached hydrogens (tertiary/aromatic N) is 2. The molecule has 0 atom stereocenters. The lowest BCUT2D eigenvalue weighted by molar-refractivity contribution is -0.132. The van der Waals surface area contributed by atoms with Crippen LogP contribution in [-0.2, 0) is 9.59 Å². The van der Waals surface area contributed by atoms with E-state index in [0.29, 0.717) is 9.93 Å². The Kier molecular flexibility index (Phi) is 4.12. The summed E-state index contributed by atoms with van der Waals surface area (Å²) in [6, 6.07) is 9.14. The lowest BCUT2D eigenvalue weighted by atomic mass is 10.3. The van der Waals surface area contributed by atoms with Gasteiger partial charge in [-0.25, -0.2) is 4.79 Å². The Morgan fingerprint density at radius 1 is 1.39 bits per heavy atom. The van der Waals surface area contributed by atoms with Gasteiger partial charge in [0.2, 0.25) is 0 Å². The maximum absolute atomic E-state index is 12.5. The molecule has 2 heterocycles. The molecule has 0 aliphatic carbocycles. The average molecular weight is 361 g/mol. The van der Waals surface area contributed by atoms with E-state index in [-0.39, 0.29) is 4.32 Å². The number of hydrogen-bond donors (Lipinski definition) is 2. The summed E-state index contributed by atoms with van der Waals surface area (Å²) in [4.78, 5) is 25.8. The number of thioether (sulfide) groups is 2. The van der Waals surface area contributed by atoms with Crippen molar-refractivity contribution >= 4 is 57.6 Å².